The van der Waals surface area contributed by atoms with E-state index in [2.05, 4.69) is 9.97 Å². The van der Waals surface area contributed by atoms with Crippen LogP contribution in [0.4, 0.5) is 13.2 Å². The van der Waals surface area contributed by atoms with E-state index in [9.17, 15) is 19.1 Å². The van der Waals surface area contributed by atoms with Gasteiger partial charge in [0.25, 0.3) is 0 Å². The number of ether oxygens (including phenoxy) is 1. The molecule has 244 valence electrons. The van der Waals surface area contributed by atoms with E-state index in [4.69, 9.17) is 4.74 Å². The van der Waals surface area contributed by atoms with E-state index in [1.807, 2.05) is 20.8 Å². The van der Waals surface area contributed by atoms with E-state index >= 15 is 8.78 Å². The number of benzene rings is 3. The predicted octanol–water partition coefficient (Wildman–Crippen LogP) is 7.20. The summed E-state index contributed by atoms with van der Waals surface area (Å²) >= 11 is 0. The van der Waals surface area contributed by atoms with Crippen molar-refractivity contribution in [2.75, 3.05) is 13.6 Å². The zero-order valence-electron chi connectivity index (χ0n) is 26.8. The van der Waals surface area contributed by atoms with E-state index in [1.54, 1.807) is 53.8 Å². The van der Waals surface area contributed by atoms with Gasteiger partial charge < -0.3 is 19.3 Å². The molecule has 0 bridgehead atoms. The van der Waals surface area contributed by atoms with Crippen molar-refractivity contribution >= 4 is 22.9 Å². The van der Waals surface area contributed by atoms with Crippen LogP contribution in [-0.4, -0.2) is 50.0 Å². The highest BCUT2D eigenvalue weighted by molar-refractivity contribution is 5.93. The van der Waals surface area contributed by atoms with Gasteiger partial charge in [0.05, 0.1) is 27.7 Å². The first-order chi connectivity index (χ1) is 22.4. The third-order valence-electron chi connectivity index (χ3n) is 8.10. The average molecular weight is 645 g/mol. The van der Waals surface area contributed by atoms with Gasteiger partial charge in [-0.3, -0.25) is 4.79 Å². The number of fused-ring (bicyclic) bond motifs is 1. The molecule has 1 aliphatic heterocycles. The van der Waals surface area contributed by atoms with E-state index < -0.39 is 28.8 Å². The summed E-state index contributed by atoms with van der Waals surface area (Å²) in [6.07, 6.45) is -0.112. The molecule has 5 aromatic rings. The Hall–Kier alpha value is -5.19. The number of rotatable bonds is 9. The van der Waals surface area contributed by atoms with Gasteiger partial charge in [0.2, 0.25) is 11.8 Å². The fourth-order valence-corrected chi connectivity index (χ4v) is 5.77. The predicted molar refractivity (Wildman–Crippen MR) is 172 cm³/mol. The van der Waals surface area contributed by atoms with Crippen molar-refractivity contribution in [3.05, 3.63) is 112 Å². The van der Waals surface area contributed by atoms with E-state index in [0.717, 1.165) is 17.7 Å². The number of carbonyl (C=O) groups excluding carboxylic acids is 1. The summed E-state index contributed by atoms with van der Waals surface area (Å²) in [6.45, 7) is 8.17. The number of hydrogen-bond acceptors (Lipinski definition) is 5. The number of hydrogen-bond donors (Lipinski definition) is 1. The molecule has 3 aromatic carbocycles. The van der Waals surface area contributed by atoms with Crippen LogP contribution in [0.2, 0.25) is 0 Å². The molecule has 3 heterocycles. The molecule has 1 amide bonds. The zero-order valence-corrected chi connectivity index (χ0v) is 26.8. The molecule has 0 radical (unpaired) electrons. The molecule has 1 saturated heterocycles. The number of aromatic carboxylic acids is 1. The number of carboxylic acids is 1. The lowest BCUT2D eigenvalue weighted by Gasteiger charge is -2.45. The van der Waals surface area contributed by atoms with Gasteiger partial charge in [0.1, 0.15) is 29.9 Å². The molecule has 0 aliphatic carbocycles. The van der Waals surface area contributed by atoms with Gasteiger partial charge in [-0.25, -0.2) is 27.9 Å². The summed E-state index contributed by atoms with van der Waals surface area (Å²) in [4.78, 5) is 34.9. The Balaban J connectivity index is 0.00000213. The van der Waals surface area contributed by atoms with Crippen LogP contribution in [0.5, 0.6) is 5.88 Å². The van der Waals surface area contributed by atoms with Crippen LogP contribution in [0.25, 0.3) is 22.3 Å². The Labute approximate surface area is 270 Å². The molecular formula is C36H35F3N4O4. The number of carbonyl (C=O) groups is 2. The van der Waals surface area contributed by atoms with Crippen LogP contribution in [0.15, 0.2) is 66.7 Å². The third kappa shape index (κ3) is 6.70. The summed E-state index contributed by atoms with van der Waals surface area (Å²) in [6, 6.07) is 16.0. The number of pyridine rings is 1. The van der Waals surface area contributed by atoms with Gasteiger partial charge in [0, 0.05) is 43.8 Å². The minimum Gasteiger partial charge on any atom is -0.478 e. The summed E-state index contributed by atoms with van der Waals surface area (Å²) in [7, 11) is 1.69. The highest BCUT2D eigenvalue weighted by atomic mass is 19.1. The summed E-state index contributed by atoms with van der Waals surface area (Å²) in [5.74, 6) is -2.54. The molecule has 0 spiro atoms. The van der Waals surface area contributed by atoms with Crippen LogP contribution in [0, 0.1) is 29.8 Å². The first-order valence-corrected chi connectivity index (χ1v) is 15.2. The quantitative estimate of drug-likeness (QED) is 0.171. The van der Waals surface area contributed by atoms with Crippen LogP contribution >= 0.6 is 0 Å². The first-order valence-electron chi connectivity index (χ1n) is 15.2. The third-order valence-corrected chi connectivity index (χ3v) is 8.10. The molecule has 8 nitrogen and oxygen atoms in total. The van der Waals surface area contributed by atoms with Crippen molar-refractivity contribution in [3.8, 4) is 17.1 Å². The lowest BCUT2D eigenvalue weighted by Crippen LogP contribution is -2.59. The maximum absolute atomic E-state index is 15.6. The maximum Gasteiger partial charge on any atom is 0.335 e. The van der Waals surface area contributed by atoms with Crippen molar-refractivity contribution in [1.82, 2.24) is 19.4 Å². The van der Waals surface area contributed by atoms with Crippen molar-refractivity contribution < 1.29 is 32.6 Å². The zero-order chi connectivity index (χ0) is 34.0. The number of aromatic nitrogens is 3. The Kier molecular flexibility index (Phi) is 9.37. The fourth-order valence-electron chi connectivity index (χ4n) is 5.77. The largest absolute Gasteiger partial charge is 0.478 e. The van der Waals surface area contributed by atoms with Crippen LogP contribution < -0.4 is 4.74 Å². The van der Waals surface area contributed by atoms with Crippen molar-refractivity contribution in [3.63, 3.8) is 0 Å². The number of carboxylic acid groups (broad SMARTS) is 1. The maximum atomic E-state index is 15.6. The van der Waals surface area contributed by atoms with Gasteiger partial charge >= 0.3 is 5.97 Å². The normalized spacial score (nSPS) is 15.7. The molecular weight excluding hydrogens is 609 g/mol. The second-order valence-electron chi connectivity index (χ2n) is 11.7. The van der Waals surface area contributed by atoms with Gasteiger partial charge in [0.15, 0.2) is 0 Å². The Morgan fingerprint density at radius 2 is 1.70 bits per heavy atom. The second-order valence-corrected chi connectivity index (χ2v) is 11.7. The molecule has 0 saturated carbocycles. The minimum absolute atomic E-state index is 0.0238. The fraction of sp³-hybridized carbons (Fsp3) is 0.278. The van der Waals surface area contributed by atoms with Crippen LogP contribution in [-0.2, 0) is 24.4 Å². The standard InChI is InChI=1S/C34H29F3N4O4.C2H6/c1-19-7-8-21(24(35)11-19)16-45-31-6-4-5-27(39-31)23-15-25(36)22(12-26(23)37)14-30-38-28-10-9-20(32(42)43)13-29(28)41(30)18-34(2)17-40(3)33(34)44;1-2/h4-13,15H,14,16-18H2,1-3H3,(H,42,43);1-2H3. The van der Waals surface area contributed by atoms with Crippen molar-refractivity contribution in [1.29, 1.82) is 0 Å². The number of likely N-dealkylation sites (tertiary alicyclic amines) is 1. The van der Waals surface area contributed by atoms with Gasteiger partial charge in [-0.15, -0.1) is 0 Å². The Morgan fingerprint density at radius 3 is 2.38 bits per heavy atom. The molecule has 1 fully saturated rings. The monoisotopic (exact) mass is 644 g/mol. The highest BCUT2D eigenvalue weighted by Gasteiger charge is 2.47. The van der Waals surface area contributed by atoms with Crippen LogP contribution in [0.1, 0.15) is 53.6 Å². The number of nitrogens with zero attached hydrogens (tertiary/aromatic N) is 4. The molecule has 1 unspecified atom stereocenters. The number of amides is 1. The topological polar surface area (TPSA) is 97.5 Å². The van der Waals surface area contributed by atoms with Crippen molar-refractivity contribution in [2.45, 2.75) is 47.3 Å². The lowest BCUT2D eigenvalue weighted by atomic mass is 9.81. The molecule has 1 atom stereocenters. The molecule has 1 aliphatic rings. The van der Waals surface area contributed by atoms with Gasteiger partial charge in [-0.1, -0.05) is 32.0 Å². The van der Waals surface area contributed by atoms with E-state index in [-0.39, 0.29) is 53.7 Å². The summed E-state index contributed by atoms with van der Waals surface area (Å²) in [5.41, 5.74) is 1.43. The number of β-lactam (4-membered cyclic amide) rings is 1. The number of imidazole rings is 1. The lowest BCUT2D eigenvalue weighted by molar-refractivity contribution is -0.157. The summed E-state index contributed by atoms with van der Waals surface area (Å²) in [5, 5.41) is 9.54. The van der Waals surface area contributed by atoms with E-state index in [1.165, 1.54) is 24.3 Å². The molecule has 2 aromatic heterocycles. The molecule has 47 heavy (non-hydrogen) atoms. The average Bonchev–Trinajstić information content (AvgIpc) is 3.38. The molecule has 6 rings (SSSR count). The summed E-state index contributed by atoms with van der Waals surface area (Å²) < 4.78 is 52.7. The molecule has 1 N–H and O–H groups in total. The van der Waals surface area contributed by atoms with Crippen LogP contribution in [0.3, 0.4) is 0 Å². The first kappa shape index (κ1) is 33.2. The number of aryl methyl sites for hydroxylation is 1. The highest BCUT2D eigenvalue weighted by Crippen LogP contribution is 2.35. The van der Waals surface area contributed by atoms with Gasteiger partial charge in [-0.2, -0.15) is 0 Å². The number of halogens is 3. The second kappa shape index (κ2) is 13.3. The SMILES string of the molecule is CC.Cc1ccc(COc2cccc(-c3cc(F)c(Cc4nc5ccc(C(=O)O)cc5n4CC4(C)CN(C)C4=O)cc3F)n2)c(F)c1. The molecule has 11 heteroatoms. The van der Waals surface area contributed by atoms with Gasteiger partial charge in [-0.05, 0) is 67.4 Å². The smallest absolute Gasteiger partial charge is 0.335 e. The minimum atomic E-state index is -1.12. The Bertz CT molecular complexity index is 1990. The van der Waals surface area contributed by atoms with E-state index in [0.29, 0.717) is 29.0 Å². The van der Waals surface area contributed by atoms with Crippen molar-refractivity contribution in [2.24, 2.45) is 5.41 Å². The Morgan fingerprint density at radius 1 is 0.957 bits per heavy atom.